The van der Waals surface area contributed by atoms with Gasteiger partial charge in [-0.3, -0.25) is 4.79 Å². The molecule has 0 aliphatic carbocycles. The number of ether oxygens (including phenoxy) is 2. The maximum atomic E-state index is 13.4. The zero-order valence-electron chi connectivity index (χ0n) is 11.7. The lowest BCUT2D eigenvalue weighted by Crippen LogP contribution is -2.07. The molecule has 0 N–H and O–H groups in total. The molecule has 110 valence electrons. The fourth-order valence-electron chi connectivity index (χ4n) is 2.10. The molecule has 0 saturated heterocycles. The lowest BCUT2D eigenvalue weighted by molar-refractivity contribution is 0.0989. The highest BCUT2D eigenvalue weighted by atomic mass is 79.9. The van der Waals surface area contributed by atoms with E-state index in [2.05, 4.69) is 15.9 Å². The smallest absolute Gasteiger partial charge is 0.171 e. The molecule has 2 aromatic carbocycles. The predicted octanol–water partition coefficient (Wildman–Crippen LogP) is 4.03. The van der Waals surface area contributed by atoms with Gasteiger partial charge in [-0.25, -0.2) is 4.39 Å². The summed E-state index contributed by atoms with van der Waals surface area (Å²) in [6.07, 6.45) is 0.0832. The average Bonchev–Trinajstić information content (AvgIpc) is 2.45. The van der Waals surface area contributed by atoms with E-state index in [4.69, 9.17) is 9.47 Å². The molecule has 0 unspecified atom stereocenters. The Labute approximate surface area is 130 Å². The molecule has 0 fully saturated rings. The minimum Gasteiger partial charge on any atom is -0.493 e. The highest BCUT2D eigenvalue weighted by Gasteiger charge is 2.17. The molecule has 0 saturated carbocycles. The van der Waals surface area contributed by atoms with Crippen molar-refractivity contribution in [3.63, 3.8) is 0 Å². The molecule has 0 bridgehead atoms. The Morgan fingerprint density at radius 3 is 2.57 bits per heavy atom. The normalized spacial score (nSPS) is 10.3. The van der Waals surface area contributed by atoms with E-state index in [0.29, 0.717) is 27.1 Å². The van der Waals surface area contributed by atoms with Crippen molar-refractivity contribution >= 4 is 21.7 Å². The zero-order valence-corrected chi connectivity index (χ0v) is 13.2. The second-order valence-corrected chi connectivity index (χ2v) is 5.33. The van der Waals surface area contributed by atoms with Crippen molar-refractivity contribution < 1.29 is 18.7 Å². The van der Waals surface area contributed by atoms with Crippen molar-refractivity contribution in [2.45, 2.75) is 6.42 Å². The van der Waals surface area contributed by atoms with E-state index in [-0.39, 0.29) is 18.0 Å². The summed E-state index contributed by atoms with van der Waals surface area (Å²) in [6, 6.07) is 9.51. The molecule has 0 radical (unpaired) electrons. The predicted molar refractivity (Wildman–Crippen MR) is 81.7 cm³/mol. The van der Waals surface area contributed by atoms with Gasteiger partial charge in [0.1, 0.15) is 5.82 Å². The van der Waals surface area contributed by atoms with Crippen LogP contribution in [0.3, 0.4) is 0 Å². The van der Waals surface area contributed by atoms with E-state index in [0.717, 1.165) is 0 Å². The summed E-state index contributed by atoms with van der Waals surface area (Å²) in [5.41, 5.74) is 1.01. The van der Waals surface area contributed by atoms with Crippen LogP contribution in [0, 0.1) is 5.82 Å². The lowest BCUT2D eigenvalue weighted by Gasteiger charge is -2.11. The van der Waals surface area contributed by atoms with Gasteiger partial charge in [0.05, 0.1) is 19.8 Å². The van der Waals surface area contributed by atoms with Gasteiger partial charge < -0.3 is 9.47 Å². The van der Waals surface area contributed by atoms with E-state index in [1.165, 1.54) is 26.4 Å². The average molecular weight is 353 g/mol. The molecule has 21 heavy (non-hydrogen) atoms. The highest BCUT2D eigenvalue weighted by Crippen LogP contribution is 2.31. The van der Waals surface area contributed by atoms with Crippen LogP contribution in [0.2, 0.25) is 0 Å². The number of rotatable bonds is 5. The second-order valence-electron chi connectivity index (χ2n) is 4.42. The summed E-state index contributed by atoms with van der Waals surface area (Å²) in [4.78, 5) is 12.4. The molecule has 0 heterocycles. The monoisotopic (exact) mass is 352 g/mol. The van der Waals surface area contributed by atoms with Crippen LogP contribution >= 0.6 is 15.9 Å². The Morgan fingerprint density at radius 1 is 1.19 bits per heavy atom. The molecule has 3 nitrogen and oxygen atoms in total. The lowest BCUT2D eigenvalue weighted by atomic mass is 10.0. The van der Waals surface area contributed by atoms with Crippen molar-refractivity contribution in [2.24, 2.45) is 0 Å². The topological polar surface area (TPSA) is 35.5 Å². The molecule has 0 aliphatic rings. The number of para-hydroxylation sites is 1. The molecule has 2 rings (SSSR count). The van der Waals surface area contributed by atoms with Crippen LogP contribution in [0.25, 0.3) is 0 Å². The molecule has 5 heteroatoms. The van der Waals surface area contributed by atoms with Crippen LogP contribution in [0.1, 0.15) is 15.9 Å². The van der Waals surface area contributed by atoms with Crippen molar-refractivity contribution in [3.05, 3.63) is 57.8 Å². The number of methoxy groups -OCH3 is 2. The first-order chi connectivity index (χ1) is 10.0. The Balaban J connectivity index is 2.32. The number of hydrogen-bond donors (Lipinski definition) is 0. The summed E-state index contributed by atoms with van der Waals surface area (Å²) >= 11 is 3.21. The van der Waals surface area contributed by atoms with Gasteiger partial charge in [0.2, 0.25) is 0 Å². The van der Waals surface area contributed by atoms with E-state index in [9.17, 15) is 9.18 Å². The van der Waals surface area contributed by atoms with E-state index >= 15 is 0 Å². The molecule has 0 aliphatic heterocycles. The summed E-state index contributed by atoms with van der Waals surface area (Å²) in [5, 5.41) is 0. The minimum atomic E-state index is -0.384. The number of halogens is 2. The van der Waals surface area contributed by atoms with Gasteiger partial charge in [-0.2, -0.15) is 0 Å². The number of benzene rings is 2. The number of carbonyl (C=O) groups excluding carboxylic acids is 1. The standard InChI is InChI=1S/C16H14BrFO3/c1-20-15-5-3-4-13(16(15)21-2)14(19)8-10-6-11(17)9-12(18)7-10/h3-7,9H,8H2,1-2H3. The molecule has 2 aromatic rings. The van der Waals surface area contributed by atoms with E-state index in [1.54, 1.807) is 24.3 Å². The first kappa shape index (κ1) is 15.5. The Bertz CT molecular complexity index is 650. The largest absolute Gasteiger partial charge is 0.493 e. The van der Waals surface area contributed by atoms with Gasteiger partial charge in [0.15, 0.2) is 17.3 Å². The van der Waals surface area contributed by atoms with Crippen molar-refractivity contribution in [2.75, 3.05) is 14.2 Å². The third kappa shape index (κ3) is 3.61. The Hall–Kier alpha value is -1.88. The second kappa shape index (κ2) is 6.72. The quantitative estimate of drug-likeness (QED) is 0.762. The molecule has 0 aromatic heterocycles. The van der Waals surface area contributed by atoms with Crippen LogP contribution in [-0.2, 0) is 6.42 Å². The Kier molecular flexibility index (Phi) is 4.96. The number of ketones is 1. The van der Waals surface area contributed by atoms with Gasteiger partial charge in [0.25, 0.3) is 0 Å². The molecular weight excluding hydrogens is 339 g/mol. The summed E-state index contributed by atoms with van der Waals surface area (Å²) in [5.74, 6) is 0.331. The summed E-state index contributed by atoms with van der Waals surface area (Å²) in [7, 11) is 2.99. The SMILES string of the molecule is COc1cccc(C(=O)Cc2cc(F)cc(Br)c2)c1OC. The third-order valence-electron chi connectivity index (χ3n) is 2.99. The Morgan fingerprint density at radius 2 is 1.95 bits per heavy atom. The fraction of sp³-hybridized carbons (Fsp3) is 0.188. The first-order valence-electron chi connectivity index (χ1n) is 6.24. The van der Waals surface area contributed by atoms with E-state index < -0.39 is 0 Å². The van der Waals surface area contributed by atoms with Crippen LogP contribution in [0.5, 0.6) is 11.5 Å². The van der Waals surface area contributed by atoms with Crippen molar-refractivity contribution in [1.29, 1.82) is 0 Å². The maximum Gasteiger partial charge on any atom is 0.171 e. The summed E-state index contributed by atoms with van der Waals surface area (Å²) in [6.45, 7) is 0. The van der Waals surface area contributed by atoms with Crippen LogP contribution in [0.4, 0.5) is 4.39 Å². The zero-order chi connectivity index (χ0) is 15.4. The van der Waals surface area contributed by atoms with Gasteiger partial charge >= 0.3 is 0 Å². The molecular formula is C16H14BrFO3. The maximum absolute atomic E-state index is 13.4. The minimum absolute atomic E-state index is 0.0832. The van der Waals surface area contributed by atoms with Gasteiger partial charge in [0, 0.05) is 10.9 Å². The third-order valence-corrected chi connectivity index (χ3v) is 3.45. The number of Topliss-reactive ketones (excluding diaryl/α,β-unsaturated/α-hetero) is 1. The van der Waals surface area contributed by atoms with Crippen molar-refractivity contribution in [1.82, 2.24) is 0 Å². The summed E-state index contributed by atoms with van der Waals surface area (Å²) < 4.78 is 24.4. The van der Waals surface area contributed by atoms with Crippen LogP contribution in [0.15, 0.2) is 40.9 Å². The number of carbonyl (C=O) groups is 1. The van der Waals surface area contributed by atoms with E-state index in [1.807, 2.05) is 0 Å². The fourth-order valence-corrected chi connectivity index (χ4v) is 2.61. The van der Waals surface area contributed by atoms with Crippen LogP contribution in [-0.4, -0.2) is 20.0 Å². The highest BCUT2D eigenvalue weighted by molar-refractivity contribution is 9.10. The number of hydrogen-bond acceptors (Lipinski definition) is 3. The molecule has 0 atom stereocenters. The van der Waals surface area contributed by atoms with Gasteiger partial charge in [-0.05, 0) is 35.9 Å². The van der Waals surface area contributed by atoms with Crippen molar-refractivity contribution in [3.8, 4) is 11.5 Å². The molecule has 0 amide bonds. The van der Waals surface area contributed by atoms with Gasteiger partial charge in [-0.15, -0.1) is 0 Å². The van der Waals surface area contributed by atoms with Gasteiger partial charge in [-0.1, -0.05) is 22.0 Å². The van der Waals surface area contributed by atoms with Crippen LogP contribution < -0.4 is 9.47 Å². The molecule has 0 spiro atoms. The first-order valence-corrected chi connectivity index (χ1v) is 7.03.